The van der Waals surface area contributed by atoms with E-state index in [9.17, 15) is 4.55 Å². The summed E-state index contributed by atoms with van der Waals surface area (Å²) < 4.78 is 20.8. The number of aromatic nitrogens is 1. The molecule has 0 spiro atoms. The van der Waals surface area contributed by atoms with Gasteiger partial charge in [0.1, 0.15) is 11.5 Å². The van der Waals surface area contributed by atoms with Crippen LogP contribution in [0.5, 0.6) is 5.75 Å². The molecule has 2 rings (SSSR count). The van der Waals surface area contributed by atoms with Gasteiger partial charge in [-0.25, -0.2) is 0 Å². The Balaban J connectivity index is 2.07. The molecule has 1 aliphatic carbocycles. The van der Waals surface area contributed by atoms with E-state index in [2.05, 4.69) is 30.5 Å². The number of hydrogen-bond acceptors (Lipinski definition) is 4. The standard InChI is InChI=1S/C15H24N2O2S/c1-15(2,3)10-20(18)17-14(11-5-6-11)13-9-12(19-4)7-8-16-13/h7-9,11,14,17H,5-6,10H2,1-4H3/t14-,20-/m1/s1. The fourth-order valence-corrected chi connectivity index (χ4v) is 3.60. The zero-order chi connectivity index (χ0) is 14.8. The van der Waals surface area contributed by atoms with E-state index in [-0.39, 0.29) is 11.5 Å². The summed E-state index contributed by atoms with van der Waals surface area (Å²) in [5.74, 6) is 1.97. The number of pyridine rings is 1. The van der Waals surface area contributed by atoms with Gasteiger partial charge >= 0.3 is 0 Å². The molecule has 1 aromatic heterocycles. The van der Waals surface area contributed by atoms with Crippen LogP contribution in [0.25, 0.3) is 0 Å². The monoisotopic (exact) mass is 296 g/mol. The zero-order valence-corrected chi connectivity index (χ0v) is 13.5. The van der Waals surface area contributed by atoms with Crippen molar-refractivity contribution in [3.05, 3.63) is 24.0 Å². The lowest BCUT2D eigenvalue weighted by molar-refractivity contribution is 0.411. The van der Waals surface area contributed by atoms with Crippen molar-refractivity contribution in [3.63, 3.8) is 0 Å². The molecule has 1 aliphatic rings. The quantitative estimate of drug-likeness (QED) is 0.820. The Bertz CT molecular complexity index is 444. The van der Waals surface area contributed by atoms with E-state index in [1.165, 1.54) is 12.8 Å². The topological polar surface area (TPSA) is 57.2 Å². The van der Waals surface area contributed by atoms with E-state index in [1.807, 2.05) is 12.1 Å². The second-order valence-electron chi connectivity index (χ2n) is 6.60. The minimum atomic E-state index is -1.04. The van der Waals surface area contributed by atoms with Gasteiger partial charge in [-0.3, -0.25) is 4.98 Å². The second kappa shape index (κ2) is 6.33. The van der Waals surface area contributed by atoms with Crippen molar-refractivity contribution in [3.8, 4) is 5.75 Å². The Labute approximate surface area is 124 Å². The van der Waals surface area contributed by atoms with E-state index < -0.39 is 11.4 Å². The SMILES string of the molecule is COc1ccnc([C@H](N[S@+]([O-])CC(C)(C)C)C2CC2)c1. The predicted molar refractivity (Wildman–Crippen MR) is 81.9 cm³/mol. The van der Waals surface area contributed by atoms with Crippen LogP contribution in [0.15, 0.2) is 18.3 Å². The molecule has 112 valence electrons. The first-order valence-electron chi connectivity index (χ1n) is 7.03. The molecule has 20 heavy (non-hydrogen) atoms. The highest BCUT2D eigenvalue weighted by molar-refractivity contribution is 7.89. The van der Waals surface area contributed by atoms with E-state index in [4.69, 9.17) is 4.74 Å². The summed E-state index contributed by atoms with van der Waals surface area (Å²) in [5.41, 5.74) is 0.974. The number of methoxy groups -OCH3 is 1. The number of ether oxygens (including phenoxy) is 1. The Morgan fingerprint density at radius 2 is 2.20 bits per heavy atom. The lowest BCUT2D eigenvalue weighted by atomic mass is 10.0. The first-order chi connectivity index (χ1) is 9.39. The first kappa shape index (κ1) is 15.6. The van der Waals surface area contributed by atoms with Gasteiger partial charge in [0.05, 0.1) is 18.8 Å². The third-order valence-corrected chi connectivity index (χ3v) is 4.87. The van der Waals surface area contributed by atoms with Crippen LogP contribution in [-0.4, -0.2) is 22.4 Å². The van der Waals surface area contributed by atoms with Gasteiger partial charge < -0.3 is 9.29 Å². The summed E-state index contributed by atoms with van der Waals surface area (Å²) in [6, 6.07) is 3.83. The second-order valence-corrected chi connectivity index (χ2v) is 7.82. The maximum absolute atomic E-state index is 12.3. The minimum absolute atomic E-state index is 0.0494. The molecule has 0 radical (unpaired) electrons. The van der Waals surface area contributed by atoms with Gasteiger partial charge in [0.15, 0.2) is 0 Å². The van der Waals surface area contributed by atoms with E-state index in [1.54, 1.807) is 13.3 Å². The molecule has 0 saturated heterocycles. The molecule has 0 aliphatic heterocycles. The fraction of sp³-hybridized carbons (Fsp3) is 0.667. The van der Waals surface area contributed by atoms with Crippen molar-refractivity contribution < 1.29 is 9.29 Å². The minimum Gasteiger partial charge on any atom is -0.598 e. The number of rotatable bonds is 6. The summed E-state index contributed by atoms with van der Waals surface area (Å²) in [5, 5.41) is 0. The van der Waals surface area contributed by atoms with Crippen molar-refractivity contribution in [2.75, 3.05) is 12.9 Å². The van der Waals surface area contributed by atoms with Crippen LogP contribution >= 0.6 is 0 Å². The third-order valence-electron chi connectivity index (χ3n) is 3.22. The molecule has 5 heteroatoms. The molecule has 0 amide bonds. The number of hydrogen-bond donors (Lipinski definition) is 1. The van der Waals surface area contributed by atoms with Crippen LogP contribution in [0.3, 0.4) is 0 Å². The first-order valence-corrected chi connectivity index (χ1v) is 8.35. The molecular weight excluding hydrogens is 272 g/mol. The Kier molecular flexibility index (Phi) is 4.94. The van der Waals surface area contributed by atoms with Crippen LogP contribution in [0, 0.1) is 11.3 Å². The lowest BCUT2D eigenvalue weighted by Crippen LogP contribution is -2.36. The normalized spacial score (nSPS) is 18.6. The zero-order valence-electron chi connectivity index (χ0n) is 12.7. The molecule has 1 saturated carbocycles. The van der Waals surface area contributed by atoms with Gasteiger partial charge in [-0.2, -0.15) is 0 Å². The van der Waals surface area contributed by atoms with Crippen molar-refractivity contribution in [2.45, 2.75) is 39.7 Å². The number of nitrogens with zero attached hydrogens (tertiary/aromatic N) is 1. The lowest BCUT2D eigenvalue weighted by Gasteiger charge is -2.24. The average molecular weight is 296 g/mol. The van der Waals surface area contributed by atoms with Gasteiger partial charge in [0, 0.05) is 29.0 Å². The smallest absolute Gasteiger partial charge is 0.130 e. The maximum atomic E-state index is 12.3. The molecule has 0 aromatic carbocycles. The van der Waals surface area contributed by atoms with Gasteiger partial charge in [0.25, 0.3) is 0 Å². The van der Waals surface area contributed by atoms with Crippen molar-refractivity contribution in [1.29, 1.82) is 0 Å². The van der Waals surface area contributed by atoms with Gasteiger partial charge in [0.2, 0.25) is 0 Å². The molecule has 1 fully saturated rings. The van der Waals surface area contributed by atoms with Gasteiger partial charge in [-0.05, 0) is 24.8 Å². The number of nitrogens with one attached hydrogen (secondary N) is 1. The Hall–Kier alpha value is -0.780. The molecule has 0 bridgehead atoms. The van der Waals surface area contributed by atoms with Crippen LogP contribution < -0.4 is 9.46 Å². The fourth-order valence-electron chi connectivity index (χ4n) is 2.13. The highest BCUT2D eigenvalue weighted by atomic mass is 32.2. The molecule has 0 unspecified atom stereocenters. The summed E-state index contributed by atoms with van der Waals surface area (Å²) in [6.45, 7) is 6.30. The summed E-state index contributed by atoms with van der Waals surface area (Å²) >= 11 is -1.04. The van der Waals surface area contributed by atoms with Crippen molar-refractivity contribution >= 4 is 11.4 Å². The van der Waals surface area contributed by atoms with Crippen LogP contribution in [0.1, 0.15) is 45.3 Å². The highest BCUT2D eigenvalue weighted by Gasteiger charge is 2.37. The predicted octanol–water partition coefficient (Wildman–Crippen LogP) is 2.84. The van der Waals surface area contributed by atoms with Crippen molar-refractivity contribution in [2.24, 2.45) is 11.3 Å². The van der Waals surface area contributed by atoms with Crippen molar-refractivity contribution in [1.82, 2.24) is 9.71 Å². The Morgan fingerprint density at radius 3 is 2.75 bits per heavy atom. The largest absolute Gasteiger partial charge is 0.598 e. The molecular formula is C15H24N2O2S. The maximum Gasteiger partial charge on any atom is 0.130 e. The van der Waals surface area contributed by atoms with Crippen LogP contribution in [0.4, 0.5) is 0 Å². The summed E-state index contributed by atoms with van der Waals surface area (Å²) in [4.78, 5) is 4.42. The van der Waals surface area contributed by atoms with E-state index in [0.29, 0.717) is 11.7 Å². The molecule has 4 nitrogen and oxygen atoms in total. The average Bonchev–Trinajstić information content (AvgIpc) is 3.18. The highest BCUT2D eigenvalue weighted by Crippen LogP contribution is 2.41. The summed E-state index contributed by atoms with van der Waals surface area (Å²) in [6.07, 6.45) is 4.09. The van der Waals surface area contributed by atoms with Crippen LogP contribution in [-0.2, 0) is 11.4 Å². The van der Waals surface area contributed by atoms with Gasteiger partial charge in [-0.15, -0.1) is 4.72 Å². The Morgan fingerprint density at radius 1 is 1.50 bits per heavy atom. The molecule has 1 heterocycles. The van der Waals surface area contributed by atoms with Gasteiger partial charge in [-0.1, -0.05) is 20.8 Å². The molecule has 1 N–H and O–H groups in total. The molecule has 1 aromatic rings. The summed E-state index contributed by atoms with van der Waals surface area (Å²) in [7, 11) is 1.65. The van der Waals surface area contributed by atoms with E-state index in [0.717, 1.165) is 11.4 Å². The van der Waals surface area contributed by atoms with Crippen LogP contribution in [0.2, 0.25) is 0 Å². The van der Waals surface area contributed by atoms with E-state index >= 15 is 0 Å². The third kappa shape index (κ3) is 4.65. The molecule has 2 atom stereocenters.